The third-order valence-corrected chi connectivity index (χ3v) is 4.62. The smallest absolute Gasteiger partial charge is 0.433 e. The van der Waals surface area contributed by atoms with Crippen molar-refractivity contribution in [2.24, 2.45) is 0 Å². The molecule has 1 saturated carbocycles. The molecule has 3 aromatic rings. The third kappa shape index (κ3) is 3.91. The van der Waals surface area contributed by atoms with Crippen molar-refractivity contribution in [1.29, 1.82) is 0 Å². The van der Waals surface area contributed by atoms with Crippen molar-refractivity contribution in [2.45, 2.75) is 38.5 Å². The van der Waals surface area contributed by atoms with Gasteiger partial charge in [-0.05, 0) is 43.5 Å². The van der Waals surface area contributed by atoms with Crippen LogP contribution in [0.3, 0.4) is 0 Å². The number of nitrogens with zero attached hydrogens (tertiary/aromatic N) is 3. The Balaban J connectivity index is 1.75. The fourth-order valence-corrected chi connectivity index (χ4v) is 3.06. The largest absolute Gasteiger partial charge is 0.433 e. The van der Waals surface area contributed by atoms with Crippen LogP contribution in [0.4, 0.5) is 27.6 Å². The zero-order valence-corrected chi connectivity index (χ0v) is 15.5. The van der Waals surface area contributed by atoms with Gasteiger partial charge in [0.15, 0.2) is 5.65 Å². The number of alkyl halides is 5. The van der Waals surface area contributed by atoms with E-state index in [-0.39, 0.29) is 34.3 Å². The van der Waals surface area contributed by atoms with Crippen LogP contribution in [0, 0.1) is 6.92 Å². The van der Waals surface area contributed by atoms with Crippen LogP contribution in [0.25, 0.3) is 5.65 Å². The van der Waals surface area contributed by atoms with Gasteiger partial charge in [0.05, 0.1) is 11.9 Å². The van der Waals surface area contributed by atoms with Crippen LogP contribution in [-0.2, 0) is 6.18 Å². The first-order valence-electron chi connectivity index (χ1n) is 8.96. The van der Waals surface area contributed by atoms with Crippen LogP contribution in [0.15, 0.2) is 30.5 Å². The van der Waals surface area contributed by atoms with Crippen molar-refractivity contribution in [1.82, 2.24) is 14.6 Å². The van der Waals surface area contributed by atoms with Gasteiger partial charge in [0.2, 0.25) is 0 Å². The van der Waals surface area contributed by atoms with E-state index in [0.717, 1.165) is 12.3 Å². The number of anilines is 1. The number of aromatic nitrogens is 3. The summed E-state index contributed by atoms with van der Waals surface area (Å²) in [4.78, 5) is 17.0. The number of halogens is 5. The van der Waals surface area contributed by atoms with Gasteiger partial charge in [-0.25, -0.2) is 9.50 Å². The van der Waals surface area contributed by atoms with Crippen LogP contribution >= 0.6 is 0 Å². The Hall–Kier alpha value is -3.24. The monoisotopic (exact) mass is 426 g/mol. The maximum absolute atomic E-state index is 13.5. The van der Waals surface area contributed by atoms with Gasteiger partial charge >= 0.3 is 12.8 Å². The minimum atomic E-state index is -4.70. The van der Waals surface area contributed by atoms with Crippen molar-refractivity contribution < 1.29 is 31.5 Å². The first-order valence-corrected chi connectivity index (χ1v) is 8.96. The molecule has 1 aliphatic rings. The van der Waals surface area contributed by atoms with Crippen LogP contribution in [0.1, 0.15) is 46.1 Å². The van der Waals surface area contributed by atoms with Gasteiger partial charge in [0.1, 0.15) is 17.0 Å². The van der Waals surface area contributed by atoms with Crippen molar-refractivity contribution in [3.63, 3.8) is 0 Å². The molecule has 0 radical (unpaired) electrons. The molecule has 2 aromatic heterocycles. The minimum absolute atomic E-state index is 0.0472. The molecule has 158 valence electrons. The number of aryl methyl sites for hydroxylation is 1. The summed E-state index contributed by atoms with van der Waals surface area (Å²) in [7, 11) is 0. The highest BCUT2D eigenvalue weighted by Crippen LogP contribution is 2.41. The third-order valence-electron chi connectivity index (χ3n) is 4.62. The molecule has 1 amide bonds. The molecule has 0 spiro atoms. The number of hydrogen-bond donors (Lipinski definition) is 1. The molecule has 1 fully saturated rings. The van der Waals surface area contributed by atoms with Gasteiger partial charge in [-0.15, -0.1) is 0 Å². The Bertz CT molecular complexity index is 1120. The molecule has 0 saturated heterocycles. The molecule has 1 aromatic carbocycles. The van der Waals surface area contributed by atoms with Gasteiger partial charge in [-0.1, -0.05) is 6.07 Å². The number of hydrogen-bond acceptors (Lipinski definition) is 4. The average Bonchev–Trinajstić information content (AvgIpc) is 3.41. The summed E-state index contributed by atoms with van der Waals surface area (Å²) in [6, 6.07) is 5.13. The SMILES string of the molecule is Cc1ccc(OC(F)F)c(NC(=O)c2cnn3c(C(F)(F)F)cc(C4CC4)nc23)c1. The van der Waals surface area contributed by atoms with E-state index in [9.17, 15) is 26.7 Å². The molecule has 0 aliphatic heterocycles. The molecule has 0 bridgehead atoms. The number of rotatable bonds is 5. The van der Waals surface area contributed by atoms with Crippen molar-refractivity contribution in [2.75, 3.05) is 5.32 Å². The average molecular weight is 426 g/mol. The van der Waals surface area contributed by atoms with E-state index >= 15 is 0 Å². The van der Waals surface area contributed by atoms with Gasteiger partial charge in [-0.2, -0.15) is 27.1 Å². The van der Waals surface area contributed by atoms with Gasteiger partial charge < -0.3 is 10.1 Å². The Morgan fingerprint density at radius 3 is 2.63 bits per heavy atom. The topological polar surface area (TPSA) is 68.5 Å². The number of carbonyl (C=O) groups is 1. The number of nitrogens with one attached hydrogen (secondary N) is 1. The number of carbonyl (C=O) groups excluding carboxylic acids is 1. The molecule has 0 atom stereocenters. The highest BCUT2D eigenvalue weighted by molar-refractivity contribution is 6.08. The van der Waals surface area contributed by atoms with Gasteiger partial charge in [0, 0.05) is 11.6 Å². The van der Waals surface area contributed by atoms with Crippen molar-refractivity contribution in [3.8, 4) is 5.75 Å². The first kappa shape index (κ1) is 20.0. The summed E-state index contributed by atoms with van der Waals surface area (Å²) in [5.74, 6) is -1.21. The molecule has 11 heteroatoms. The number of fused-ring (bicyclic) bond motifs is 1. The predicted octanol–water partition coefficient (Wildman–Crippen LogP) is 4.79. The van der Waals surface area contributed by atoms with E-state index < -0.39 is 24.4 Å². The van der Waals surface area contributed by atoms with Crippen LogP contribution in [0.5, 0.6) is 5.75 Å². The molecular weight excluding hydrogens is 411 g/mol. The number of ether oxygens (including phenoxy) is 1. The van der Waals surface area contributed by atoms with Crippen LogP contribution < -0.4 is 10.1 Å². The zero-order chi connectivity index (χ0) is 21.6. The first-order chi connectivity index (χ1) is 14.1. The zero-order valence-electron chi connectivity index (χ0n) is 15.5. The van der Waals surface area contributed by atoms with E-state index in [0.29, 0.717) is 22.9 Å². The second-order valence-electron chi connectivity index (χ2n) is 6.96. The second-order valence-corrected chi connectivity index (χ2v) is 6.96. The lowest BCUT2D eigenvalue weighted by Crippen LogP contribution is -2.17. The van der Waals surface area contributed by atoms with Crippen LogP contribution in [-0.4, -0.2) is 27.1 Å². The van der Waals surface area contributed by atoms with Crippen molar-refractivity contribution >= 4 is 17.2 Å². The summed E-state index contributed by atoms with van der Waals surface area (Å²) in [6.45, 7) is -1.44. The van der Waals surface area contributed by atoms with Gasteiger partial charge in [-0.3, -0.25) is 4.79 Å². The van der Waals surface area contributed by atoms with E-state index in [1.54, 1.807) is 6.92 Å². The second kappa shape index (κ2) is 7.22. The number of benzene rings is 1. The normalized spacial score (nSPS) is 14.4. The Morgan fingerprint density at radius 1 is 1.27 bits per heavy atom. The van der Waals surface area contributed by atoms with Crippen molar-refractivity contribution in [3.05, 3.63) is 53.0 Å². The fraction of sp³-hybridized carbons (Fsp3) is 0.316. The molecular formula is C19H15F5N4O2. The molecule has 1 aliphatic carbocycles. The van der Waals surface area contributed by atoms with E-state index in [2.05, 4.69) is 20.1 Å². The summed E-state index contributed by atoms with van der Waals surface area (Å²) in [6.07, 6.45) is -2.30. The maximum Gasteiger partial charge on any atom is 0.433 e. The lowest BCUT2D eigenvalue weighted by molar-refractivity contribution is -0.142. The van der Waals surface area contributed by atoms with E-state index in [4.69, 9.17) is 0 Å². The molecule has 2 heterocycles. The molecule has 6 nitrogen and oxygen atoms in total. The molecule has 0 unspecified atom stereocenters. The molecule has 4 rings (SSSR count). The quantitative estimate of drug-likeness (QED) is 0.596. The molecule has 30 heavy (non-hydrogen) atoms. The predicted molar refractivity (Wildman–Crippen MR) is 95.7 cm³/mol. The molecule has 1 N–H and O–H groups in total. The fourth-order valence-electron chi connectivity index (χ4n) is 3.06. The Labute approximate surface area is 166 Å². The van der Waals surface area contributed by atoms with E-state index in [1.165, 1.54) is 18.2 Å². The summed E-state index contributed by atoms with van der Waals surface area (Å²) >= 11 is 0. The summed E-state index contributed by atoms with van der Waals surface area (Å²) < 4.78 is 70.7. The van der Waals surface area contributed by atoms with Gasteiger partial charge in [0.25, 0.3) is 5.91 Å². The highest BCUT2D eigenvalue weighted by atomic mass is 19.4. The Morgan fingerprint density at radius 2 is 2.00 bits per heavy atom. The minimum Gasteiger partial charge on any atom is -0.433 e. The lowest BCUT2D eigenvalue weighted by atomic mass is 10.2. The maximum atomic E-state index is 13.5. The summed E-state index contributed by atoms with van der Waals surface area (Å²) in [5, 5.41) is 6.08. The number of amides is 1. The Kier molecular flexibility index (Phi) is 4.83. The lowest BCUT2D eigenvalue weighted by Gasteiger charge is -2.13. The van der Waals surface area contributed by atoms with E-state index in [1.807, 2.05) is 0 Å². The standard InChI is InChI=1S/C19H15F5N4O2/c1-9-2-5-14(30-18(20)21)13(6-9)27-17(29)11-8-25-28-15(19(22,23)24)7-12(10-3-4-10)26-16(11)28/h2,5-8,10,18H,3-4H2,1H3,(H,27,29). The highest BCUT2D eigenvalue weighted by Gasteiger charge is 2.38. The van der Waals surface area contributed by atoms with Crippen LogP contribution in [0.2, 0.25) is 0 Å². The summed E-state index contributed by atoms with van der Waals surface area (Å²) in [5.41, 5.74) is -0.664.